The van der Waals surface area contributed by atoms with E-state index in [9.17, 15) is 9.59 Å². The van der Waals surface area contributed by atoms with Crippen molar-refractivity contribution < 1.29 is 9.59 Å². The summed E-state index contributed by atoms with van der Waals surface area (Å²) in [5, 5.41) is 0.679. The van der Waals surface area contributed by atoms with Gasteiger partial charge in [0.2, 0.25) is 5.91 Å². The third-order valence-corrected chi connectivity index (χ3v) is 7.54. The average molecular weight is 520 g/mol. The first-order chi connectivity index (χ1) is 17.9. The maximum Gasteiger partial charge on any atom is 0.255 e. The molecule has 1 fully saturated rings. The zero-order chi connectivity index (χ0) is 26.4. The summed E-state index contributed by atoms with van der Waals surface area (Å²) in [5.74, 6) is 0.237. The van der Waals surface area contributed by atoms with Crippen LogP contribution in [0.25, 0.3) is 16.9 Å². The summed E-state index contributed by atoms with van der Waals surface area (Å²) in [4.78, 5) is 30.2. The summed E-state index contributed by atoms with van der Waals surface area (Å²) in [5.41, 5.74) is 5.75. The number of amides is 2. The van der Waals surface area contributed by atoms with Crippen molar-refractivity contribution >= 4 is 23.4 Å². The largest absolute Gasteiger partial charge is 0.339 e. The highest BCUT2D eigenvalue weighted by molar-refractivity contribution is 6.30. The number of carbonyl (C=O) groups is 2. The van der Waals surface area contributed by atoms with Crippen molar-refractivity contribution in [2.24, 2.45) is 0 Å². The Morgan fingerprint density at radius 2 is 1.51 bits per heavy atom. The number of rotatable bonds is 9. The van der Waals surface area contributed by atoms with Crippen LogP contribution in [0.5, 0.6) is 0 Å². The van der Waals surface area contributed by atoms with Crippen molar-refractivity contribution in [1.82, 2.24) is 14.4 Å². The van der Waals surface area contributed by atoms with Crippen LogP contribution in [0.1, 0.15) is 67.1 Å². The van der Waals surface area contributed by atoms with Gasteiger partial charge < -0.3 is 14.4 Å². The van der Waals surface area contributed by atoms with Crippen LogP contribution in [0.4, 0.5) is 0 Å². The van der Waals surface area contributed by atoms with Crippen LogP contribution < -0.4 is 0 Å². The first-order valence-corrected chi connectivity index (χ1v) is 13.9. The molecule has 1 aliphatic rings. The molecular weight excluding hydrogens is 482 g/mol. The quantitative estimate of drug-likeness (QED) is 0.284. The van der Waals surface area contributed by atoms with Gasteiger partial charge in [0.05, 0.1) is 11.3 Å². The number of hydrogen-bond acceptors (Lipinski definition) is 2. The smallest absolute Gasteiger partial charge is 0.255 e. The first kappa shape index (κ1) is 27.0. The molecule has 0 bridgehead atoms. The van der Waals surface area contributed by atoms with Gasteiger partial charge in [0, 0.05) is 49.0 Å². The first-order valence-electron chi connectivity index (χ1n) is 13.5. The predicted molar refractivity (Wildman–Crippen MR) is 152 cm³/mol. The average Bonchev–Trinajstić information content (AvgIpc) is 3.25. The Labute approximate surface area is 226 Å². The number of halogens is 1. The number of hydrogen-bond donors (Lipinski definition) is 0. The Morgan fingerprint density at radius 1 is 0.838 bits per heavy atom. The van der Waals surface area contributed by atoms with Crippen molar-refractivity contribution in [3.63, 3.8) is 0 Å². The number of nitrogens with zero attached hydrogens (tertiary/aromatic N) is 3. The lowest BCUT2D eigenvalue weighted by Crippen LogP contribution is -2.50. The third kappa shape index (κ3) is 6.45. The fraction of sp³-hybridized carbons (Fsp3) is 0.419. The minimum Gasteiger partial charge on any atom is -0.339 e. The number of benzene rings is 2. The van der Waals surface area contributed by atoms with E-state index < -0.39 is 0 Å². The summed E-state index contributed by atoms with van der Waals surface area (Å²) in [7, 11) is 0. The molecule has 3 aromatic rings. The van der Waals surface area contributed by atoms with E-state index in [1.165, 1.54) is 19.3 Å². The van der Waals surface area contributed by atoms with E-state index in [0.717, 1.165) is 41.0 Å². The molecule has 0 aliphatic carbocycles. The molecule has 0 saturated carbocycles. The van der Waals surface area contributed by atoms with Gasteiger partial charge in [0.1, 0.15) is 0 Å². The lowest BCUT2D eigenvalue weighted by molar-refractivity contribution is -0.132. The minimum absolute atomic E-state index is 0.0192. The van der Waals surface area contributed by atoms with Crippen LogP contribution in [0, 0.1) is 13.8 Å². The molecule has 5 nitrogen and oxygen atoms in total. The Bertz CT molecular complexity index is 1220. The Morgan fingerprint density at radius 3 is 2.19 bits per heavy atom. The zero-order valence-corrected chi connectivity index (χ0v) is 23.1. The van der Waals surface area contributed by atoms with Gasteiger partial charge in [0.25, 0.3) is 5.91 Å². The predicted octanol–water partition coefficient (Wildman–Crippen LogP) is 7.06. The standard InChI is InChI=1S/C31H38ClN3O2/c1-4-5-6-7-8-12-30(36)33-17-19-34(20-18-33)31(37)28-22-29(25-13-15-26(32)16-14-25)35(24(28)3)27-11-9-10-23(2)21-27/h9-11,13-16,21-22H,4-8,12,17-20H2,1-3H3. The summed E-state index contributed by atoms with van der Waals surface area (Å²) < 4.78 is 2.15. The van der Waals surface area contributed by atoms with Gasteiger partial charge in [-0.15, -0.1) is 0 Å². The van der Waals surface area contributed by atoms with Gasteiger partial charge in [-0.05, 0) is 61.7 Å². The molecule has 0 spiro atoms. The molecule has 0 unspecified atom stereocenters. The van der Waals surface area contributed by atoms with E-state index in [4.69, 9.17) is 11.6 Å². The second-order valence-corrected chi connectivity index (χ2v) is 10.5. The Balaban J connectivity index is 1.51. The minimum atomic E-state index is 0.0192. The van der Waals surface area contributed by atoms with Crippen LogP contribution in [0.2, 0.25) is 5.02 Å². The maximum atomic E-state index is 13.7. The zero-order valence-electron chi connectivity index (χ0n) is 22.3. The molecule has 0 N–H and O–H groups in total. The van der Waals surface area contributed by atoms with E-state index in [0.29, 0.717) is 43.2 Å². The molecule has 2 amide bonds. The molecule has 2 heterocycles. The molecular formula is C31H38ClN3O2. The van der Waals surface area contributed by atoms with Crippen LogP contribution in [0.3, 0.4) is 0 Å². The number of unbranched alkanes of at least 4 members (excludes halogenated alkanes) is 4. The summed E-state index contributed by atoms with van der Waals surface area (Å²) >= 11 is 6.15. The monoisotopic (exact) mass is 519 g/mol. The lowest BCUT2D eigenvalue weighted by atomic mass is 10.1. The normalized spacial score (nSPS) is 13.7. The van der Waals surface area contributed by atoms with Crippen LogP contribution in [-0.2, 0) is 4.79 Å². The second-order valence-electron chi connectivity index (χ2n) is 10.0. The van der Waals surface area contributed by atoms with E-state index in [1.54, 1.807) is 0 Å². The highest BCUT2D eigenvalue weighted by atomic mass is 35.5. The SMILES string of the molecule is CCCCCCCC(=O)N1CCN(C(=O)c2cc(-c3ccc(Cl)cc3)n(-c3cccc(C)c3)c2C)CC1. The van der Waals surface area contributed by atoms with Gasteiger partial charge in [-0.1, -0.05) is 68.5 Å². The number of piperazine rings is 1. The number of aryl methyl sites for hydroxylation is 1. The number of aromatic nitrogens is 1. The van der Waals surface area contributed by atoms with Crippen molar-refractivity contribution in [2.75, 3.05) is 26.2 Å². The Kier molecular flexibility index (Phi) is 9.09. The topological polar surface area (TPSA) is 45.6 Å². The highest BCUT2D eigenvalue weighted by Gasteiger charge is 2.28. The molecule has 1 aliphatic heterocycles. The second kappa shape index (κ2) is 12.5. The molecule has 2 aromatic carbocycles. The van der Waals surface area contributed by atoms with Crippen molar-refractivity contribution in [1.29, 1.82) is 0 Å². The van der Waals surface area contributed by atoms with Crippen LogP contribution >= 0.6 is 11.6 Å². The van der Waals surface area contributed by atoms with Gasteiger partial charge in [0.15, 0.2) is 0 Å². The molecule has 0 radical (unpaired) electrons. The van der Waals surface area contributed by atoms with E-state index in [2.05, 4.69) is 36.6 Å². The number of carbonyl (C=O) groups excluding carboxylic acids is 2. The van der Waals surface area contributed by atoms with Crippen LogP contribution in [0.15, 0.2) is 54.6 Å². The van der Waals surface area contributed by atoms with Gasteiger partial charge in [-0.3, -0.25) is 9.59 Å². The van der Waals surface area contributed by atoms with Gasteiger partial charge in [-0.25, -0.2) is 0 Å². The molecule has 0 atom stereocenters. The highest BCUT2D eigenvalue weighted by Crippen LogP contribution is 2.31. The van der Waals surface area contributed by atoms with E-state index in [-0.39, 0.29) is 11.8 Å². The molecule has 196 valence electrons. The molecule has 37 heavy (non-hydrogen) atoms. The van der Waals surface area contributed by atoms with Gasteiger partial charge >= 0.3 is 0 Å². The van der Waals surface area contributed by atoms with Crippen molar-refractivity contribution in [3.8, 4) is 16.9 Å². The van der Waals surface area contributed by atoms with E-state index in [1.807, 2.05) is 53.1 Å². The van der Waals surface area contributed by atoms with Crippen molar-refractivity contribution in [2.45, 2.75) is 59.3 Å². The fourth-order valence-corrected chi connectivity index (χ4v) is 5.25. The third-order valence-electron chi connectivity index (χ3n) is 7.29. The Hall–Kier alpha value is -3.05. The summed E-state index contributed by atoms with van der Waals surface area (Å²) in [6.45, 7) is 8.60. The molecule has 1 saturated heterocycles. The maximum absolute atomic E-state index is 13.7. The van der Waals surface area contributed by atoms with E-state index >= 15 is 0 Å². The lowest BCUT2D eigenvalue weighted by Gasteiger charge is -2.35. The van der Waals surface area contributed by atoms with Gasteiger partial charge in [-0.2, -0.15) is 0 Å². The van der Waals surface area contributed by atoms with Crippen molar-refractivity contribution in [3.05, 3.63) is 76.4 Å². The molecule has 6 heteroatoms. The summed E-state index contributed by atoms with van der Waals surface area (Å²) in [6, 6.07) is 18.0. The van der Waals surface area contributed by atoms with Crippen LogP contribution in [-0.4, -0.2) is 52.4 Å². The molecule has 4 rings (SSSR count). The fourth-order valence-electron chi connectivity index (χ4n) is 5.12. The summed E-state index contributed by atoms with van der Waals surface area (Å²) in [6.07, 6.45) is 6.33. The molecule has 1 aromatic heterocycles.